The van der Waals surface area contributed by atoms with E-state index in [0.29, 0.717) is 24.2 Å². The van der Waals surface area contributed by atoms with E-state index in [1.54, 1.807) is 35.5 Å². The van der Waals surface area contributed by atoms with Crippen LogP contribution in [0.25, 0.3) is 0 Å². The number of imide groups is 1. The topological polar surface area (TPSA) is 70.6 Å². The van der Waals surface area contributed by atoms with Crippen molar-refractivity contribution in [2.75, 3.05) is 6.54 Å². The quantitative estimate of drug-likeness (QED) is 0.460. The summed E-state index contributed by atoms with van der Waals surface area (Å²) in [6.45, 7) is 2.89. The molecule has 7 heteroatoms. The molecule has 0 atom stereocenters. The molecule has 4 rings (SSSR count). The summed E-state index contributed by atoms with van der Waals surface area (Å²) in [6, 6.07) is 16.7. The predicted octanol–water partition coefficient (Wildman–Crippen LogP) is 4.37. The van der Waals surface area contributed by atoms with Crippen molar-refractivity contribution in [2.45, 2.75) is 26.4 Å². The van der Waals surface area contributed by atoms with E-state index in [9.17, 15) is 14.4 Å². The third kappa shape index (κ3) is 4.62. The first kappa shape index (κ1) is 21.9. The molecule has 0 radical (unpaired) electrons. The number of nitrogens with zero attached hydrogens (tertiary/aromatic N) is 3. The number of amides is 3. The van der Waals surface area contributed by atoms with E-state index in [1.807, 2.05) is 43.3 Å². The van der Waals surface area contributed by atoms with Crippen LogP contribution in [-0.2, 0) is 17.9 Å². The Labute approximate surface area is 195 Å². The SMILES string of the molecule is Cc1ccccc1CN(Cc1cccnc1)C(=O)CCN1C(=O)c2ccc(Br)cc2C1=O. The van der Waals surface area contributed by atoms with Crippen molar-refractivity contribution in [3.05, 3.63) is 99.3 Å². The summed E-state index contributed by atoms with van der Waals surface area (Å²) in [7, 11) is 0. The number of hydrogen-bond donors (Lipinski definition) is 0. The van der Waals surface area contributed by atoms with Crippen molar-refractivity contribution in [3.8, 4) is 0 Å². The Hall–Kier alpha value is -3.32. The molecule has 0 N–H and O–H groups in total. The summed E-state index contributed by atoms with van der Waals surface area (Å²) in [5.74, 6) is -0.852. The van der Waals surface area contributed by atoms with Crippen molar-refractivity contribution < 1.29 is 14.4 Å². The Morgan fingerprint density at radius 3 is 2.53 bits per heavy atom. The van der Waals surface area contributed by atoms with Crippen LogP contribution in [0.1, 0.15) is 43.8 Å². The number of hydrogen-bond acceptors (Lipinski definition) is 4. The van der Waals surface area contributed by atoms with Gasteiger partial charge in [-0.1, -0.05) is 46.3 Å². The molecule has 1 aliphatic heterocycles. The van der Waals surface area contributed by atoms with Gasteiger partial charge in [0.1, 0.15) is 0 Å². The van der Waals surface area contributed by atoms with Gasteiger partial charge in [-0.2, -0.15) is 0 Å². The van der Waals surface area contributed by atoms with E-state index in [1.165, 1.54) is 0 Å². The largest absolute Gasteiger partial charge is 0.334 e. The fourth-order valence-corrected chi connectivity index (χ4v) is 4.13. The molecule has 32 heavy (non-hydrogen) atoms. The first-order valence-corrected chi connectivity index (χ1v) is 11.1. The van der Waals surface area contributed by atoms with Crippen molar-refractivity contribution in [3.63, 3.8) is 0 Å². The minimum atomic E-state index is -0.364. The normalized spacial score (nSPS) is 12.8. The Bertz CT molecular complexity index is 1180. The third-order valence-corrected chi connectivity index (χ3v) is 6.05. The second-order valence-corrected chi connectivity index (χ2v) is 8.66. The van der Waals surface area contributed by atoms with Gasteiger partial charge < -0.3 is 4.90 Å². The fraction of sp³-hybridized carbons (Fsp3) is 0.200. The van der Waals surface area contributed by atoms with Crippen molar-refractivity contribution in [2.24, 2.45) is 0 Å². The number of carbonyl (C=O) groups excluding carboxylic acids is 3. The van der Waals surface area contributed by atoms with Gasteiger partial charge in [0.05, 0.1) is 11.1 Å². The van der Waals surface area contributed by atoms with Crippen LogP contribution in [0.5, 0.6) is 0 Å². The second-order valence-electron chi connectivity index (χ2n) is 7.74. The predicted molar refractivity (Wildman–Crippen MR) is 124 cm³/mol. The van der Waals surface area contributed by atoms with Gasteiger partial charge in [-0.25, -0.2) is 0 Å². The lowest BCUT2D eigenvalue weighted by molar-refractivity contribution is -0.132. The average Bonchev–Trinajstić information content (AvgIpc) is 3.02. The van der Waals surface area contributed by atoms with E-state index < -0.39 is 0 Å². The number of fused-ring (bicyclic) bond motifs is 1. The lowest BCUT2D eigenvalue weighted by Crippen LogP contribution is -2.36. The summed E-state index contributed by atoms with van der Waals surface area (Å²) in [6.07, 6.45) is 3.48. The number of halogens is 1. The van der Waals surface area contributed by atoms with Crippen molar-refractivity contribution in [1.82, 2.24) is 14.8 Å². The summed E-state index contributed by atoms with van der Waals surface area (Å²) >= 11 is 3.33. The lowest BCUT2D eigenvalue weighted by atomic mass is 10.1. The zero-order valence-corrected chi connectivity index (χ0v) is 19.2. The van der Waals surface area contributed by atoms with E-state index >= 15 is 0 Å². The number of aryl methyl sites for hydroxylation is 1. The van der Waals surface area contributed by atoms with Crippen molar-refractivity contribution in [1.29, 1.82) is 0 Å². The van der Waals surface area contributed by atoms with Crippen LogP contribution >= 0.6 is 15.9 Å². The first-order chi connectivity index (χ1) is 15.4. The minimum Gasteiger partial charge on any atom is -0.334 e. The molecular weight excluding hydrogens is 470 g/mol. The van der Waals surface area contributed by atoms with Gasteiger partial charge in [0.2, 0.25) is 5.91 Å². The van der Waals surface area contributed by atoms with E-state index in [4.69, 9.17) is 0 Å². The van der Waals surface area contributed by atoms with Gasteiger partial charge in [0.15, 0.2) is 0 Å². The standard InChI is InChI=1S/C25H22BrN3O3/c1-17-5-2-3-7-19(17)16-28(15-18-6-4-11-27-14-18)23(30)10-12-29-24(31)21-9-8-20(26)13-22(21)25(29)32/h2-9,11,13-14H,10,12,15-16H2,1H3. The van der Waals surface area contributed by atoms with Gasteiger partial charge in [0.25, 0.3) is 11.8 Å². The molecule has 0 saturated heterocycles. The Kier molecular flexibility index (Phi) is 6.46. The minimum absolute atomic E-state index is 0.0418. The molecule has 0 bridgehead atoms. The van der Waals surface area contributed by atoms with Gasteiger partial charge in [0, 0.05) is 42.9 Å². The molecule has 162 valence electrons. The molecular formula is C25H22BrN3O3. The molecule has 3 amide bonds. The highest BCUT2D eigenvalue weighted by molar-refractivity contribution is 9.10. The monoisotopic (exact) mass is 491 g/mol. The molecule has 0 spiro atoms. The Morgan fingerprint density at radius 2 is 1.78 bits per heavy atom. The Balaban J connectivity index is 1.49. The number of benzene rings is 2. The molecule has 0 aliphatic carbocycles. The molecule has 2 aromatic carbocycles. The van der Waals surface area contributed by atoms with E-state index in [2.05, 4.69) is 20.9 Å². The number of carbonyl (C=O) groups is 3. The van der Waals surface area contributed by atoms with Gasteiger partial charge in [-0.05, 0) is 47.9 Å². The number of pyridine rings is 1. The summed E-state index contributed by atoms with van der Waals surface area (Å²) in [4.78, 5) is 45.7. The smallest absolute Gasteiger partial charge is 0.261 e. The number of rotatable bonds is 7. The lowest BCUT2D eigenvalue weighted by Gasteiger charge is -2.25. The zero-order chi connectivity index (χ0) is 22.7. The molecule has 0 fully saturated rings. The summed E-state index contributed by atoms with van der Waals surface area (Å²) in [5.41, 5.74) is 3.81. The Morgan fingerprint density at radius 1 is 1.00 bits per heavy atom. The van der Waals surface area contributed by atoms with Crippen molar-refractivity contribution >= 4 is 33.7 Å². The molecule has 0 unspecified atom stereocenters. The molecule has 3 aromatic rings. The van der Waals surface area contributed by atoms with Crippen LogP contribution < -0.4 is 0 Å². The molecule has 1 aromatic heterocycles. The summed E-state index contributed by atoms with van der Waals surface area (Å²) < 4.78 is 0.733. The first-order valence-electron chi connectivity index (χ1n) is 10.3. The second kappa shape index (κ2) is 9.44. The van der Waals surface area contributed by atoms with Gasteiger partial charge >= 0.3 is 0 Å². The highest BCUT2D eigenvalue weighted by Gasteiger charge is 2.35. The fourth-order valence-electron chi connectivity index (χ4n) is 3.77. The zero-order valence-electron chi connectivity index (χ0n) is 17.6. The summed E-state index contributed by atoms with van der Waals surface area (Å²) in [5, 5.41) is 0. The molecule has 0 saturated carbocycles. The maximum atomic E-state index is 13.2. The van der Waals surface area contributed by atoms with Crippen LogP contribution in [-0.4, -0.2) is 39.1 Å². The van der Waals surface area contributed by atoms with Gasteiger partial charge in [-0.3, -0.25) is 24.3 Å². The third-order valence-electron chi connectivity index (χ3n) is 5.55. The van der Waals surface area contributed by atoms with Crippen LogP contribution in [0.15, 0.2) is 71.5 Å². The highest BCUT2D eigenvalue weighted by atomic mass is 79.9. The highest BCUT2D eigenvalue weighted by Crippen LogP contribution is 2.26. The van der Waals surface area contributed by atoms with E-state index in [-0.39, 0.29) is 30.7 Å². The number of aromatic nitrogens is 1. The molecule has 6 nitrogen and oxygen atoms in total. The van der Waals surface area contributed by atoms with Gasteiger partial charge in [-0.15, -0.1) is 0 Å². The maximum absolute atomic E-state index is 13.2. The molecule has 1 aliphatic rings. The maximum Gasteiger partial charge on any atom is 0.261 e. The van der Waals surface area contributed by atoms with E-state index in [0.717, 1.165) is 26.1 Å². The van der Waals surface area contributed by atoms with Crippen LogP contribution in [0.3, 0.4) is 0 Å². The van der Waals surface area contributed by atoms with Crippen LogP contribution in [0, 0.1) is 6.92 Å². The average molecular weight is 492 g/mol. The molecule has 2 heterocycles. The van der Waals surface area contributed by atoms with Crippen LogP contribution in [0.2, 0.25) is 0 Å². The van der Waals surface area contributed by atoms with Crippen LogP contribution in [0.4, 0.5) is 0 Å².